The van der Waals surface area contributed by atoms with Crippen LogP contribution in [0.1, 0.15) is 17.3 Å². The van der Waals surface area contributed by atoms with Crippen molar-refractivity contribution in [1.82, 2.24) is 4.90 Å². The maximum atomic E-state index is 12.6. The van der Waals surface area contributed by atoms with Crippen LogP contribution in [0.4, 0.5) is 5.69 Å². The van der Waals surface area contributed by atoms with Crippen molar-refractivity contribution in [2.24, 2.45) is 0 Å². The van der Waals surface area contributed by atoms with E-state index in [-0.39, 0.29) is 18.6 Å². The van der Waals surface area contributed by atoms with E-state index in [2.05, 4.69) is 5.32 Å². The molecule has 1 aliphatic heterocycles. The van der Waals surface area contributed by atoms with Crippen LogP contribution in [0.2, 0.25) is 0 Å². The standard InChI is InChI=1S/C14H20N2O3/c1-2-15-13-6-4-3-5-12(13)14(18)16-7-8-19-10-11(16)9-17/h3-6,11,15,17H,2,7-10H2,1H3. The molecule has 0 radical (unpaired) electrons. The number of benzene rings is 1. The molecule has 0 spiro atoms. The molecule has 0 bridgehead atoms. The number of hydrogen-bond donors (Lipinski definition) is 2. The number of para-hydroxylation sites is 1. The molecule has 5 nitrogen and oxygen atoms in total. The number of morpholine rings is 1. The minimum atomic E-state index is -0.254. The van der Waals surface area contributed by atoms with E-state index in [0.29, 0.717) is 25.3 Å². The fraction of sp³-hybridized carbons (Fsp3) is 0.500. The molecule has 104 valence electrons. The lowest BCUT2D eigenvalue weighted by Crippen LogP contribution is -2.50. The van der Waals surface area contributed by atoms with Crippen LogP contribution in [-0.4, -0.2) is 54.9 Å². The van der Waals surface area contributed by atoms with Gasteiger partial charge in [-0.3, -0.25) is 4.79 Å². The van der Waals surface area contributed by atoms with E-state index in [1.807, 2.05) is 31.2 Å². The molecule has 1 aliphatic rings. The van der Waals surface area contributed by atoms with Crippen molar-refractivity contribution >= 4 is 11.6 Å². The van der Waals surface area contributed by atoms with Crippen molar-refractivity contribution in [2.75, 3.05) is 38.2 Å². The lowest BCUT2D eigenvalue weighted by Gasteiger charge is -2.34. The van der Waals surface area contributed by atoms with Crippen LogP contribution in [0.3, 0.4) is 0 Å². The van der Waals surface area contributed by atoms with E-state index in [4.69, 9.17) is 4.74 Å². The van der Waals surface area contributed by atoms with Crippen molar-refractivity contribution in [1.29, 1.82) is 0 Å². The Morgan fingerprint density at radius 2 is 2.32 bits per heavy atom. The van der Waals surface area contributed by atoms with Gasteiger partial charge in [-0.1, -0.05) is 12.1 Å². The van der Waals surface area contributed by atoms with Crippen molar-refractivity contribution in [2.45, 2.75) is 13.0 Å². The summed E-state index contributed by atoms with van der Waals surface area (Å²) in [6.45, 7) is 4.11. The maximum absolute atomic E-state index is 12.6. The number of anilines is 1. The second-order valence-corrected chi connectivity index (χ2v) is 4.49. The fourth-order valence-corrected chi connectivity index (χ4v) is 2.24. The highest BCUT2D eigenvalue weighted by Crippen LogP contribution is 2.19. The number of aliphatic hydroxyl groups excluding tert-OH is 1. The number of aliphatic hydroxyl groups is 1. The number of nitrogens with one attached hydrogen (secondary N) is 1. The monoisotopic (exact) mass is 264 g/mol. The number of ether oxygens (including phenoxy) is 1. The highest BCUT2D eigenvalue weighted by Gasteiger charge is 2.28. The zero-order valence-electron chi connectivity index (χ0n) is 11.1. The molecule has 1 aromatic carbocycles. The largest absolute Gasteiger partial charge is 0.394 e. The topological polar surface area (TPSA) is 61.8 Å². The smallest absolute Gasteiger partial charge is 0.256 e. The summed E-state index contributed by atoms with van der Waals surface area (Å²) in [7, 11) is 0. The summed E-state index contributed by atoms with van der Waals surface area (Å²) in [5, 5.41) is 12.5. The Kier molecular flexibility index (Phi) is 4.76. The highest BCUT2D eigenvalue weighted by molar-refractivity contribution is 5.99. The first-order chi connectivity index (χ1) is 9.27. The molecular weight excluding hydrogens is 244 g/mol. The third-order valence-corrected chi connectivity index (χ3v) is 3.22. The van der Waals surface area contributed by atoms with Gasteiger partial charge in [0.2, 0.25) is 0 Å². The van der Waals surface area contributed by atoms with Gasteiger partial charge in [0.05, 0.1) is 31.4 Å². The van der Waals surface area contributed by atoms with Gasteiger partial charge in [0.15, 0.2) is 0 Å². The Hall–Kier alpha value is -1.59. The van der Waals surface area contributed by atoms with E-state index in [1.54, 1.807) is 4.90 Å². The molecule has 1 aromatic rings. The predicted octanol–water partition coefficient (Wildman–Crippen LogP) is 0.952. The zero-order valence-corrected chi connectivity index (χ0v) is 11.1. The zero-order chi connectivity index (χ0) is 13.7. The number of nitrogens with zero attached hydrogens (tertiary/aromatic N) is 1. The lowest BCUT2D eigenvalue weighted by molar-refractivity contribution is -0.0183. The highest BCUT2D eigenvalue weighted by atomic mass is 16.5. The van der Waals surface area contributed by atoms with Gasteiger partial charge in [-0.2, -0.15) is 0 Å². The average Bonchev–Trinajstić information content (AvgIpc) is 2.47. The Morgan fingerprint density at radius 1 is 1.53 bits per heavy atom. The van der Waals surface area contributed by atoms with Gasteiger partial charge < -0.3 is 20.1 Å². The number of amides is 1. The lowest BCUT2D eigenvalue weighted by atomic mass is 10.1. The number of rotatable bonds is 4. The molecule has 2 rings (SSSR count). The molecule has 1 atom stereocenters. The summed E-state index contributed by atoms with van der Waals surface area (Å²) >= 11 is 0. The molecular formula is C14H20N2O3. The van der Waals surface area contributed by atoms with Gasteiger partial charge in [-0.25, -0.2) is 0 Å². The minimum absolute atomic E-state index is 0.0566. The van der Waals surface area contributed by atoms with Crippen LogP contribution in [0.15, 0.2) is 24.3 Å². The van der Waals surface area contributed by atoms with Crippen molar-refractivity contribution in [3.05, 3.63) is 29.8 Å². The summed E-state index contributed by atoms with van der Waals surface area (Å²) in [6, 6.07) is 7.20. The first-order valence-corrected chi connectivity index (χ1v) is 6.60. The summed E-state index contributed by atoms with van der Waals surface area (Å²) in [6.07, 6.45) is 0. The van der Waals surface area contributed by atoms with Gasteiger partial charge in [0.1, 0.15) is 0 Å². The molecule has 1 saturated heterocycles. The Labute approximate surface area is 113 Å². The van der Waals surface area contributed by atoms with Gasteiger partial charge in [0, 0.05) is 18.8 Å². The van der Waals surface area contributed by atoms with E-state index in [0.717, 1.165) is 12.2 Å². The Morgan fingerprint density at radius 3 is 3.05 bits per heavy atom. The maximum Gasteiger partial charge on any atom is 0.256 e. The van der Waals surface area contributed by atoms with Crippen LogP contribution < -0.4 is 5.32 Å². The third kappa shape index (κ3) is 3.05. The Bertz CT molecular complexity index is 436. The Balaban J connectivity index is 2.22. The fourth-order valence-electron chi connectivity index (χ4n) is 2.24. The van der Waals surface area contributed by atoms with Crippen molar-refractivity contribution < 1.29 is 14.6 Å². The van der Waals surface area contributed by atoms with E-state index < -0.39 is 0 Å². The van der Waals surface area contributed by atoms with Gasteiger partial charge in [-0.15, -0.1) is 0 Å². The second-order valence-electron chi connectivity index (χ2n) is 4.49. The van der Waals surface area contributed by atoms with E-state index in [9.17, 15) is 9.90 Å². The number of hydrogen-bond acceptors (Lipinski definition) is 4. The summed E-state index contributed by atoms with van der Waals surface area (Å²) in [5.41, 5.74) is 1.47. The number of carbonyl (C=O) groups is 1. The quantitative estimate of drug-likeness (QED) is 0.850. The molecule has 0 saturated carbocycles. The first-order valence-electron chi connectivity index (χ1n) is 6.60. The predicted molar refractivity (Wildman–Crippen MR) is 73.3 cm³/mol. The summed E-state index contributed by atoms with van der Waals surface area (Å²) in [5.74, 6) is -0.0566. The molecule has 1 unspecified atom stereocenters. The van der Waals surface area contributed by atoms with Crippen LogP contribution in [0, 0.1) is 0 Å². The van der Waals surface area contributed by atoms with E-state index in [1.165, 1.54) is 0 Å². The molecule has 1 heterocycles. The molecule has 5 heteroatoms. The van der Waals surface area contributed by atoms with Gasteiger partial charge in [-0.05, 0) is 19.1 Å². The molecule has 1 fully saturated rings. The minimum Gasteiger partial charge on any atom is -0.394 e. The van der Waals surface area contributed by atoms with Crippen molar-refractivity contribution in [3.63, 3.8) is 0 Å². The summed E-state index contributed by atoms with van der Waals surface area (Å²) in [4.78, 5) is 14.3. The summed E-state index contributed by atoms with van der Waals surface area (Å²) < 4.78 is 5.30. The molecule has 1 amide bonds. The van der Waals surface area contributed by atoms with Gasteiger partial charge in [0.25, 0.3) is 5.91 Å². The number of carbonyl (C=O) groups excluding carboxylic acids is 1. The third-order valence-electron chi connectivity index (χ3n) is 3.22. The second kappa shape index (κ2) is 6.54. The molecule has 0 aromatic heterocycles. The van der Waals surface area contributed by atoms with Gasteiger partial charge >= 0.3 is 0 Å². The average molecular weight is 264 g/mol. The molecule has 19 heavy (non-hydrogen) atoms. The SMILES string of the molecule is CCNc1ccccc1C(=O)N1CCOCC1CO. The normalized spacial score (nSPS) is 19.3. The molecule has 0 aliphatic carbocycles. The van der Waals surface area contributed by atoms with Crippen LogP contribution in [0.5, 0.6) is 0 Å². The van der Waals surface area contributed by atoms with Crippen LogP contribution in [-0.2, 0) is 4.74 Å². The first kappa shape index (κ1) is 13.8. The van der Waals surface area contributed by atoms with Crippen molar-refractivity contribution in [3.8, 4) is 0 Å². The van der Waals surface area contributed by atoms with E-state index >= 15 is 0 Å². The molecule has 2 N–H and O–H groups in total. The van der Waals surface area contributed by atoms with Crippen LogP contribution in [0.25, 0.3) is 0 Å². The van der Waals surface area contributed by atoms with Crippen LogP contribution >= 0.6 is 0 Å².